The smallest absolute Gasteiger partial charge is 0.150 e. The van der Waals surface area contributed by atoms with Crippen LogP contribution >= 0.6 is 27.7 Å². The van der Waals surface area contributed by atoms with Crippen LogP contribution in [0.2, 0.25) is 0 Å². The molecule has 2 aliphatic rings. The average Bonchev–Trinajstić information content (AvgIpc) is 3.07. The number of nitrogens with zero attached hydrogens (tertiary/aromatic N) is 1. The summed E-state index contributed by atoms with van der Waals surface area (Å²) in [4.78, 5) is 4.42. The fourth-order valence-corrected chi connectivity index (χ4v) is 3.90. The molecule has 1 heterocycles. The van der Waals surface area contributed by atoms with E-state index < -0.39 is 6.23 Å². The van der Waals surface area contributed by atoms with E-state index in [1.54, 1.807) is 0 Å². The molecule has 17 heavy (non-hydrogen) atoms. The first-order valence-electron chi connectivity index (χ1n) is 5.82. The molecule has 1 spiro atoms. The molecule has 0 radical (unpaired) electrons. The number of aliphatic hydroxyl groups is 1. The summed E-state index contributed by atoms with van der Waals surface area (Å²) >= 11 is 5.27. The molecule has 3 rings (SSSR count). The van der Waals surface area contributed by atoms with Gasteiger partial charge in [-0.1, -0.05) is 46.7 Å². The van der Waals surface area contributed by atoms with Crippen molar-refractivity contribution in [2.75, 3.05) is 0 Å². The van der Waals surface area contributed by atoms with Crippen LogP contribution in [-0.4, -0.2) is 21.1 Å². The lowest BCUT2D eigenvalue weighted by Gasteiger charge is -2.31. The van der Waals surface area contributed by atoms with Gasteiger partial charge in [-0.15, -0.1) is 0 Å². The second-order valence-electron chi connectivity index (χ2n) is 4.81. The maximum Gasteiger partial charge on any atom is 0.150 e. The summed E-state index contributed by atoms with van der Waals surface area (Å²) in [5.41, 5.74) is 1.11. The van der Waals surface area contributed by atoms with Crippen LogP contribution in [-0.2, 0) is 0 Å². The third-order valence-electron chi connectivity index (χ3n) is 3.66. The number of aliphatic imine (C=N–C) groups is 1. The Kier molecular flexibility index (Phi) is 2.84. The number of hydrogen-bond donors (Lipinski definition) is 1. The van der Waals surface area contributed by atoms with Crippen molar-refractivity contribution in [3.63, 3.8) is 0 Å². The molecule has 2 nitrogen and oxygen atoms in total. The molecule has 1 saturated carbocycles. The van der Waals surface area contributed by atoms with Gasteiger partial charge in [0.15, 0.2) is 0 Å². The third kappa shape index (κ3) is 2.07. The minimum atomic E-state index is -0.544. The number of rotatable bonds is 1. The zero-order valence-electron chi connectivity index (χ0n) is 9.56. The molecular formula is C13H14BrNOS. The molecule has 4 heteroatoms. The summed E-state index contributed by atoms with van der Waals surface area (Å²) in [6.45, 7) is 2.10. The minimum absolute atomic E-state index is 0.254. The highest BCUT2D eigenvalue weighted by molar-refractivity contribution is 9.10. The first kappa shape index (κ1) is 11.8. The molecule has 1 aromatic rings. The maximum atomic E-state index is 10.0. The molecule has 0 amide bonds. The topological polar surface area (TPSA) is 32.6 Å². The van der Waals surface area contributed by atoms with Crippen LogP contribution in [0.5, 0.6) is 0 Å². The minimum Gasteiger partial charge on any atom is -0.371 e. The molecule has 1 N–H and O–H groups in total. The summed E-state index contributed by atoms with van der Waals surface area (Å²) in [7, 11) is 0. The predicted octanol–water partition coefficient (Wildman–Crippen LogP) is 3.43. The fourth-order valence-electron chi connectivity index (χ4n) is 2.22. The van der Waals surface area contributed by atoms with Gasteiger partial charge in [0.2, 0.25) is 0 Å². The van der Waals surface area contributed by atoms with Gasteiger partial charge < -0.3 is 5.11 Å². The highest BCUT2D eigenvalue weighted by Crippen LogP contribution is 2.58. The van der Waals surface area contributed by atoms with Gasteiger partial charge in [-0.2, -0.15) is 0 Å². The van der Waals surface area contributed by atoms with E-state index in [0.717, 1.165) is 15.1 Å². The molecule has 1 aliphatic carbocycles. The van der Waals surface area contributed by atoms with Gasteiger partial charge in [0.25, 0.3) is 0 Å². The van der Waals surface area contributed by atoms with Crippen LogP contribution in [0, 0.1) is 5.92 Å². The van der Waals surface area contributed by atoms with E-state index in [0.29, 0.717) is 0 Å². The zero-order chi connectivity index (χ0) is 12.0. The Morgan fingerprint density at radius 3 is 2.59 bits per heavy atom. The van der Waals surface area contributed by atoms with E-state index in [9.17, 15) is 5.11 Å². The van der Waals surface area contributed by atoms with Gasteiger partial charge in [0, 0.05) is 20.7 Å². The van der Waals surface area contributed by atoms with Crippen molar-refractivity contribution >= 4 is 32.7 Å². The highest BCUT2D eigenvalue weighted by Gasteiger charge is 2.53. The predicted molar refractivity (Wildman–Crippen MR) is 75.4 cm³/mol. The van der Waals surface area contributed by atoms with E-state index >= 15 is 0 Å². The van der Waals surface area contributed by atoms with Crippen molar-refractivity contribution in [3.05, 3.63) is 34.3 Å². The molecule has 0 saturated heterocycles. The number of halogens is 1. The van der Waals surface area contributed by atoms with Crippen molar-refractivity contribution in [3.8, 4) is 0 Å². The Morgan fingerprint density at radius 1 is 1.35 bits per heavy atom. The molecule has 2 unspecified atom stereocenters. The zero-order valence-corrected chi connectivity index (χ0v) is 12.0. The van der Waals surface area contributed by atoms with Gasteiger partial charge in [0.05, 0.1) is 0 Å². The first-order valence-corrected chi connectivity index (χ1v) is 7.42. The van der Waals surface area contributed by atoms with Crippen LogP contribution in [0.25, 0.3) is 0 Å². The van der Waals surface area contributed by atoms with Crippen LogP contribution in [0.4, 0.5) is 0 Å². The van der Waals surface area contributed by atoms with E-state index in [-0.39, 0.29) is 10.7 Å². The fraction of sp³-hybridized carbons (Fsp3) is 0.462. The Hall–Kier alpha value is -0.320. The second-order valence-corrected chi connectivity index (χ2v) is 7.13. The number of thioether (sulfide) groups is 1. The van der Waals surface area contributed by atoms with E-state index in [1.165, 1.54) is 12.8 Å². The lowest BCUT2D eigenvalue weighted by Crippen LogP contribution is -2.33. The number of aliphatic hydroxyl groups excluding tert-OH is 1. The Bertz CT molecular complexity index is 467. The average molecular weight is 312 g/mol. The van der Waals surface area contributed by atoms with Gasteiger partial charge >= 0.3 is 0 Å². The van der Waals surface area contributed by atoms with Crippen molar-refractivity contribution < 1.29 is 5.11 Å². The molecule has 1 aliphatic heterocycles. The molecular weight excluding hydrogens is 298 g/mol. The maximum absolute atomic E-state index is 10.0. The molecule has 1 fully saturated rings. The third-order valence-corrected chi connectivity index (χ3v) is 5.91. The van der Waals surface area contributed by atoms with Crippen molar-refractivity contribution in [1.82, 2.24) is 0 Å². The number of benzene rings is 1. The standard InChI is InChI=1S/C13H14BrNOS/c1-8-11(16)15-12(17-13(8)6-7-13)9-2-4-10(14)5-3-9/h2-5,8,11,16H,6-7H2,1H3. The van der Waals surface area contributed by atoms with Crippen LogP contribution in [0.1, 0.15) is 25.3 Å². The van der Waals surface area contributed by atoms with Crippen LogP contribution in [0.15, 0.2) is 33.7 Å². The van der Waals surface area contributed by atoms with E-state index in [4.69, 9.17) is 0 Å². The van der Waals surface area contributed by atoms with Crippen LogP contribution < -0.4 is 0 Å². The Balaban J connectivity index is 1.93. The molecule has 1 aromatic carbocycles. The van der Waals surface area contributed by atoms with Gasteiger partial charge in [0.1, 0.15) is 11.3 Å². The lowest BCUT2D eigenvalue weighted by atomic mass is 10.0. The normalized spacial score (nSPS) is 30.2. The SMILES string of the molecule is CC1C(O)N=C(c2ccc(Br)cc2)SC12CC2. The Labute approximate surface area is 114 Å². The van der Waals surface area contributed by atoms with Gasteiger partial charge in [-0.25, -0.2) is 4.99 Å². The van der Waals surface area contributed by atoms with Crippen molar-refractivity contribution in [2.24, 2.45) is 10.9 Å². The van der Waals surface area contributed by atoms with Crippen molar-refractivity contribution in [2.45, 2.75) is 30.7 Å². The summed E-state index contributed by atoms with van der Waals surface area (Å²) in [5.74, 6) is 0.270. The first-order chi connectivity index (χ1) is 8.11. The molecule has 0 bridgehead atoms. The quantitative estimate of drug-likeness (QED) is 0.862. The lowest BCUT2D eigenvalue weighted by molar-refractivity contribution is 0.119. The number of hydrogen-bond acceptors (Lipinski definition) is 3. The van der Waals surface area contributed by atoms with E-state index in [2.05, 4.69) is 40.0 Å². The van der Waals surface area contributed by atoms with Gasteiger partial charge in [-0.05, 0) is 25.0 Å². The van der Waals surface area contributed by atoms with E-state index in [1.807, 2.05) is 23.9 Å². The summed E-state index contributed by atoms with van der Waals surface area (Å²) < 4.78 is 1.32. The second kappa shape index (κ2) is 4.11. The monoisotopic (exact) mass is 311 g/mol. The Morgan fingerprint density at radius 2 is 2.00 bits per heavy atom. The molecule has 0 aromatic heterocycles. The summed E-state index contributed by atoms with van der Waals surface area (Å²) in [5, 5.41) is 11.0. The van der Waals surface area contributed by atoms with Crippen molar-refractivity contribution in [1.29, 1.82) is 0 Å². The largest absolute Gasteiger partial charge is 0.371 e. The molecule has 2 atom stereocenters. The van der Waals surface area contributed by atoms with Crippen LogP contribution in [0.3, 0.4) is 0 Å². The summed E-state index contributed by atoms with van der Waals surface area (Å²) in [6, 6.07) is 8.13. The van der Waals surface area contributed by atoms with Gasteiger partial charge in [-0.3, -0.25) is 0 Å². The summed E-state index contributed by atoms with van der Waals surface area (Å²) in [6.07, 6.45) is 1.86. The highest BCUT2D eigenvalue weighted by atomic mass is 79.9. The molecule has 90 valence electrons.